The SMILES string of the molecule is CCC1(Cc2ccc(OC(F)F)cc2)CCC(=O)N1. The van der Waals surface area contributed by atoms with Crippen LogP contribution in [0.25, 0.3) is 0 Å². The Bertz CT molecular complexity index is 447. The molecule has 104 valence electrons. The Morgan fingerprint density at radius 2 is 2.05 bits per heavy atom. The van der Waals surface area contributed by atoms with E-state index in [0.29, 0.717) is 12.8 Å². The summed E-state index contributed by atoms with van der Waals surface area (Å²) in [7, 11) is 0. The van der Waals surface area contributed by atoms with Crippen molar-refractivity contribution in [1.29, 1.82) is 0 Å². The summed E-state index contributed by atoms with van der Waals surface area (Å²) in [6, 6.07) is 6.59. The lowest BCUT2D eigenvalue weighted by Crippen LogP contribution is -2.42. The average Bonchev–Trinajstić information content (AvgIpc) is 2.73. The van der Waals surface area contributed by atoms with Crippen molar-refractivity contribution in [2.45, 2.75) is 44.8 Å². The van der Waals surface area contributed by atoms with Crippen molar-refractivity contribution in [1.82, 2.24) is 5.32 Å². The molecule has 0 radical (unpaired) electrons. The highest BCUT2D eigenvalue weighted by atomic mass is 19.3. The van der Waals surface area contributed by atoms with Crippen molar-refractivity contribution in [2.24, 2.45) is 0 Å². The molecular weight excluding hydrogens is 252 g/mol. The summed E-state index contributed by atoms with van der Waals surface area (Å²) in [6.45, 7) is -0.762. The number of hydrogen-bond acceptors (Lipinski definition) is 2. The van der Waals surface area contributed by atoms with Crippen LogP contribution >= 0.6 is 0 Å². The van der Waals surface area contributed by atoms with Crippen LogP contribution in [0.2, 0.25) is 0 Å². The second-order valence-corrected chi connectivity index (χ2v) is 4.88. The summed E-state index contributed by atoms with van der Waals surface area (Å²) < 4.78 is 28.4. The minimum atomic E-state index is -2.80. The van der Waals surface area contributed by atoms with Crippen LogP contribution < -0.4 is 10.1 Å². The minimum Gasteiger partial charge on any atom is -0.435 e. The zero-order valence-corrected chi connectivity index (χ0v) is 10.8. The Labute approximate surface area is 111 Å². The van der Waals surface area contributed by atoms with Gasteiger partial charge in [-0.1, -0.05) is 19.1 Å². The maximum absolute atomic E-state index is 12.0. The van der Waals surface area contributed by atoms with Gasteiger partial charge in [0.2, 0.25) is 5.91 Å². The number of amides is 1. The Morgan fingerprint density at radius 1 is 1.37 bits per heavy atom. The Kier molecular flexibility index (Phi) is 4.02. The van der Waals surface area contributed by atoms with Crippen LogP contribution in [0.5, 0.6) is 5.75 Å². The van der Waals surface area contributed by atoms with E-state index in [1.807, 2.05) is 6.92 Å². The fourth-order valence-electron chi connectivity index (χ4n) is 2.48. The van der Waals surface area contributed by atoms with E-state index in [-0.39, 0.29) is 17.2 Å². The molecule has 3 nitrogen and oxygen atoms in total. The van der Waals surface area contributed by atoms with Crippen LogP contribution in [0.3, 0.4) is 0 Å². The van der Waals surface area contributed by atoms with Crippen LogP contribution in [-0.2, 0) is 11.2 Å². The van der Waals surface area contributed by atoms with Crippen molar-refractivity contribution in [3.63, 3.8) is 0 Å². The van der Waals surface area contributed by atoms with E-state index in [4.69, 9.17) is 0 Å². The van der Waals surface area contributed by atoms with Gasteiger partial charge in [0.1, 0.15) is 5.75 Å². The van der Waals surface area contributed by atoms with E-state index in [1.165, 1.54) is 12.1 Å². The molecule has 0 saturated carbocycles. The van der Waals surface area contributed by atoms with Crippen molar-refractivity contribution in [3.05, 3.63) is 29.8 Å². The highest BCUT2D eigenvalue weighted by Gasteiger charge is 2.35. The number of benzene rings is 1. The molecule has 1 aromatic rings. The van der Waals surface area contributed by atoms with Gasteiger partial charge in [0.15, 0.2) is 0 Å². The first kappa shape index (κ1) is 13.8. The van der Waals surface area contributed by atoms with E-state index in [2.05, 4.69) is 10.1 Å². The number of hydrogen-bond donors (Lipinski definition) is 1. The summed E-state index contributed by atoms with van der Waals surface area (Å²) in [5.41, 5.74) is 0.813. The molecular formula is C14H17F2NO2. The summed E-state index contributed by atoms with van der Waals surface area (Å²) >= 11 is 0. The maximum Gasteiger partial charge on any atom is 0.387 e. The Morgan fingerprint density at radius 3 is 2.53 bits per heavy atom. The van der Waals surface area contributed by atoms with Crippen molar-refractivity contribution >= 4 is 5.91 Å². The zero-order valence-electron chi connectivity index (χ0n) is 10.8. The number of halogens is 2. The molecule has 1 fully saturated rings. The lowest BCUT2D eigenvalue weighted by atomic mass is 9.87. The number of carbonyl (C=O) groups excluding carboxylic acids is 1. The first-order valence-corrected chi connectivity index (χ1v) is 6.38. The lowest BCUT2D eigenvalue weighted by Gasteiger charge is -2.27. The summed E-state index contributed by atoms with van der Waals surface area (Å²) in [5, 5.41) is 3.02. The van der Waals surface area contributed by atoms with E-state index in [1.54, 1.807) is 12.1 Å². The quantitative estimate of drug-likeness (QED) is 0.892. The van der Waals surface area contributed by atoms with Gasteiger partial charge in [-0.05, 0) is 37.0 Å². The predicted octanol–water partition coefficient (Wildman–Crippen LogP) is 2.89. The fourth-order valence-corrected chi connectivity index (χ4v) is 2.48. The standard InChI is InChI=1S/C14H17F2NO2/c1-2-14(8-7-12(18)17-14)9-10-3-5-11(6-4-10)19-13(15)16/h3-6,13H,2,7-9H2,1H3,(H,17,18). The highest BCUT2D eigenvalue weighted by Crippen LogP contribution is 2.28. The molecule has 0 aliphatic carbocycles. The molecule has 1 amide bonds. The topological polar surface area (TPSA) is 38.3 Å². The third kappa shape index (κ3) is 3.43. The van der Waals surface area contributed by atoms with Gasteiger partial charge in [-0.3, -0.25) is 4.79 Å². The summed E-state index contributed by atoms with van der Waals surface area (Å²) in [4.78, 5) is 11.4. The second-order valence-electron chi connectivity index (χ2n) is 4.88. The number of ether oxygens (including phenoxy) is 1. The van der Waals surface area contributed by atoms with Gasteiger partial charge >= 0.3 is 6.61 Å². The fraction of sp³-hybridized carbons (Fsp3) is 0.500. The zero-order chi connectivity index (χ0) is 13.9. The van der Waals surface area contributed by atoms with Crippen LogP contribution in [0.15, 0.2) is 24.3 Å². The molecule has 5 heteroatoms. The van der Waals surface area contributed by atoms with Crippen LogP contribution in [0.1, 0.15) is 31.7 Å². The van der Waals surface area contributed by atoms with Crippen LogP contribution in [0, 0.1) is 0 Å². The van der Waals surface area contributed by atoms with Gasteiger partial charge in [-0.2, -0.15) is 8.78 Å². The lowest BCUT2D eigenvalue weighted by molar-refractivity contribution is -0.119. The molecule has 1 aromatic carbocycles. The Hall–Kier alpha value is -1.65. The number of alkyl halides is 2. The van der Waals surface area contributed by atoms with Gasteiger partial charge in [0.05, 0.1) is 0 Å². The monoisotopic (exact) mass is 269 g/mol. The van der Waals surface area contributed by atoms with Crippen LogP contribution in [0.4, 0.5) is 8.78 Å². The molecule has 1 saturated heterocycles. The summed E-state index contributed by atoms with van der Waals surface area (Å²) in [5.74, 6) is 0.235. The van der Waals surface area contributed by atoms with Crippen molar-refractivity contribution < 1.29 is 18.3 Å². The second kappa shape index (κ2) is 5.55. The molecule has 0 aromatic heterocycles. The molecule has 1 heterocycles. The van der Waals surface area contributed by atoms with Crippen LogP contribution in [-0.4, -0.2) is 18.1 Å². The van der Waals surface area contributed by atoms with E-state index >= 15 is 0 Å². The van der Waals surface area contributed by atoms with Gasteiger partial charge < -0.3 is 10.1 Å². The van der Waals surface area contributed by atoms with E-state index in [9.17, 15) is 13.6 Å². The van der Waals surface area contributed by atoms with E-state index < -0.39 is 6.61 Å². The first-order valence-electron chi connectivity index (χ1n) is 6.38. The smallest absolute Gasteiger partial charge is 0.387 e. The molecule has 0 spiro atoms. The average molecular weight is 269 g/mol. The molecule has 0 bridgehead atoms. The van der Waals surface area contributed by atoms with Gasteiger partial charge in [-0.15, -0.1) is 0 Å². The number of carbonyl (C=O) groups is 1. The molecule has 1 atom stereocenters. The molecule has 2 rings (SSSR count). The largest absolute Gasteiger partial charge is 0.435 e. The molecule has 1 unspecified atom stereocenters. The number of rotatable bonds is 5. The molecule has 1 N–H and O–H groups in total. The molecule has 19 heavy (non-hydrogen) atoms. The number of nitrogens with one attached hydrogen (secondary N) is 1. The summed E-state index contributed by atoms with van der Waals surface area (Å²) in [6.07, 6.45) is 2.94. The molecule has 1 aliphatic rings. The van der Waals surface area contributed by atoms with Gasteiger partial charge in [0, 0.05) is 12.0 Å². The highest BCUT2D eigenvalue weighted by molar-refractivity contribution is 5.79. The molecule has 1 aliphatic heterocycles. The van der Waals surface area contributed by atoms with E-state index in [0.717, 1.165) is 18.4 Å². The minimum absolute atomic E-state index is 0.0829. The third-order valence-electron chi connectivity index (χ3n) is 3.60. The van der Waals surface area contributed by atoms with Gasteiger partial charge in [-0.25, -0.2) is 0 Å². The van der Waals surface area contributed by atoms with Gasteiger partial charge in [0.25, 0.3) is 0 Å². The Balaban J connectivity index is 2.04. The van der Waals surface area contributed by atoms with Crippen molar-refractivity contribution in [3.8, 4) is 5.75 Å². The normalized spacial score (nSPS) is 22.6. The maximum atomic E-state index is 12.0. The van der Waals surface area contributed by atoms with Crippen molar-refractivity contribution in [2.75, 3.05) is 0 Å². The first-order chi connectivity index (χ1) is 9.03. The third-order valence-corrected chi connectivity index (χ3v) is 3.60. The predicted molar refractivity (Wildman–Crippen MR) is 67.2 cm³/mol.